The van der Waals surface area contributed by atoms with Gasteiger partial charge < -0.3 is 9.94 Å². The summed E-state index contributed by atoms with van der Waals surface area (Å²) in [6.07, 6.45) is 0. The van der Waals surface area contributed by atoms with Crippen LogP contribution in [0.15, 0.2) is 29.4 Å². The van der Waals surface area contributed by atoms with Crippen molar-refractivity contribution in [2.75, 3.05) is 7.11 Å². The van der Waals surface area contributed by atoms with E-state index in [-0.39, 0.29) is 5.71 Å². The third kappa shape index (κ3) is 5.48. The zero-order valence-corrected chi connectivity index (χ0v) is 12.0. The smallest absolute Gasteiger partial charge is 0.360 e. The van der Waals surface area contributed by atoms with Crippen LogP contribution in [0.1, 0.15) is 38.8 Å². The Morgan fingerprint density at radius 1 is 1.17 bits per heavy atom. The number of benzene rings is 1. The van der Waals surface area contributed by atoms with Crippen LogP contribution in [0.25, 0.3) is 0 Å². The quantitative estimate of drug-likeness (QED) is 0.380. The highest BCUT2D eigenvalue weighted by Gasteiger charge is 2.16. The van der Waals surface area contributed by atoms with Gasteiger partial charge in [0.1, 0.15) is 0 Å². The van der Waals surface area contributed by atoms with Crippen LogP contribution in [0.3, 0.4) is 0 Å². The van der Waals surface area contributed by atoms with Crippen LogP contribution in [0, 0.1) is 6.92 Å². The van der Waals surface area contributed by atoms with E-state index in [2.05, 4.69) is 9.89 Å². The number of rotatable bonds is 2. The molecule has 4 heteroatoms. The molecule has 0 radical (unpaired) electrons. The minimum absolute atomic E-state index is 0.0781. The fraction of sp³-hybridized carbons (Fsp3) is 0.429. The van der Waals surface area contributed by atoms with Crippen LogP contribution in [0.5, 0.6) is 0 Å². The van der Waals surface area contributed by atoms with Crippen molar-refractivity contribution in [2.24, 2.45) is 5.16 Å². The average molecular weight is 253 g/mol. The first kappa shape index (κ1) is 18.5. The zero-order chi connectivity index (χ0) is 14.6. The predicted molar refractivity (Wildman–Crippen MR) is 74.2 cm³/mol. The molecule has 18 heavy (non-hydrogen) atoms. The van der Waals surface area contributed by atoms with Crippen molar-refractivity contribution >= 4 is 11.7 Å². The Balaban J connectivity index is 0. The Morgan fingerprint density at radius 3 is 2.06 bits per heavy atom. The van der Waals surface area contributed by atoms with Gasteiger partial charge in [-0.25, -0.2) is 4.79 Å². The van der Waals surface area contributed by atoms with E-state index in [1.54, 1.807) is 12.1 Å². The number of carbonyl (C=O) groups is 1. The summed E-state index contributed by atoms with van der Waals surface area (Å²) >= 11 is 0. The minimum atomic E-state index is -0.651. The molecule has 0 aromatic heterocycles. The van der Waals surface area contributed by atoms with Gasteiger partial charge in [-0.05, 0) is 12.5 Å². The molecule has 0 saturated carbocycles. The summed E-state index contributed by atoms with van der Waals surface area (Å²) in [5.41, 5.74) is 1.35. The van der Waals surface area contributed by atoms with Gasteiger partial charge in [0, 0.05) is 5.56 Å². The normalized spacial score (nSPS) is 9.33. The van der Waals surface area contributed by atoms with Crippen LogP contribution in [-0.4, -0.2) is 24.0 Å². The van der Waals surface area contributed by atoms with E-state index in [0.717, 1.165) is 5.56 Å². The molecule has 1 aromatic carbocycles. The maximum absolute atomic E-state index is 11.2. The Kier molecular flexibility index (Phi) is 12.0. The molecule has 0 heterocycles. The second kappa shape index (κ2) is 11.6. The molecule has 0 fully saturated rings. The molecule has 0 aliphatic rings. The maximum Gasteiger partial charge on any atom is 0.360 e. The van der Waals surface area contributed by atoms with Crippen molar-refractivity contribution in [1.82, 2.24) is 0 Å². The SMILES string of the molecule is CC.CC.COC(=O)/C(=N/O)c1ccccc1C. The highest BCUT2D eigenvalue weighted by Crippen LogP contribution is 2.09. The lowest BCUT2D eigenvalue weighted by molar-refractivity contribution is -0.132. The fourth-order valence-electron chi connectivity index (χ4n) is 1.14. The van der Waals surface area contributed by atoms with E-state index in [1.807, 2.05) is 46.8 Å². The van der Waals surface area contributed by atoms with Crippen molar-refractivity contribution in [3.8, 4) is 0 Å². The Bertz CT molecular complexity index is 373. The van der Waals surface area contributed by atoms with E-state index >= 15 is 0 Å². The van der Waals surface area contributed by atoms with Crippen LogP contribution >= 0.6 is 0 Å². The average Bonchev–Trinajstić information content (AvgIpc) is 2.45. The molecule has 1 N–H and O–H groups in total. The first-order valence-corrected chi connectivity index (χ1v) is 6.07. The van der Waals surface area contributed by atoms with Crippen LogP contribution < -0.4 is 0 Å². The third-order valence-corrected chi connectivity index (χ3v) is 1.88. The van der Waals surface area contributed by atoms with Crippen molar-refractivity contribution in [1.29, 1.82) is 0 Å². The molecular weight excluding hydrogens is 230 g/mol. The molecule has 1 rings (SSSR count). The molecule has 0 spiro atoms. The summed E-state index contributed by atoms with van der Waals surface area (Å²) in [6, 6.07) is 7.12. The van der Waals surface area contributed by atoms with Crippen molar-refractivity contribution in [3.05, 3.63) is 35.4 Å². The van der Waals surface area contributed by atoms with Gasteiger partial charge in [0.15, 0.2) is 5.71 Å². The Morgan fingerprint density at radius 2 is 1.67 bits per heavy atom. The van der Waals surface area contributed by atoms with Gasteiger partial charge in [-0.3, -0.25) is 0 Å². The topological polar surface area (TPSA) is 58.9 Å². The predicted octanol–water partition coefficient (Wildman–Crippen LogP) is 3.40. The molecule has 102 valence electrons. The number of hydrogen-bond acceptors (Lipinski definition) is 4. The molecule has 0 amide bonds. The minimum Gasteiger partial charge on any atom is -0.464 e. The first-order chi connectivity index (χ1) is 8.70. The maximum atomic E-state index is 11.2. The summed E-state index contributed by atoms with van der Waals surface area (Å²) in [4.78, 5) is 11.2. The summed E-state index contributed by atoms with van der Waals surface area (Å²) in [7, 11) is 1.24. The molecule has 0 unspecified atom stereocenters. The van der Waals surface area contributed by atoms with Crippen LogP contribution in [-0.2, 0) is 9.53 Å². The van der Waals surface area contributed by atoms with Gasteiger partial charge in [-0.15, -0.1) is 0 Å². The van der Waals surface area contributed by atoms with E-state index in [9.17, 15) is 4.79 Å². The molecule has 4 nitrogen and oxygen atoms in total. The molecule has 0 aliphatic carbocycles. The van der Waals surface area contributed by atoms with E-state index in [4.69, 9.17) is 5.21 Å². The van der Waals surface area contributed by atoms with E-state index in [1.165, 1.54) is 7.11 Å². The first-order valence-electron chi connectivity index (χ1n) is 6.07. The van der Waals surface area contributed by atoms with Gasteiger partial charge in [0.2, 0.25) is 0 Å². The number of carbonyl (C=O) groups excluding carboxylic acids is 1. The monoisotopic (exact) mass is 253 g/mol. The van der Waals surface area contributed by atoms with Crippen LogP contribution in [0.4, 0.5) is 0 Å². The third-order valence-electron chi connectivity index (χ3n) is 1.88. The summed E-state index contributed by atoms with van der Waals surface area (Å²) in [5.74, 6) is -0.651. The second-order valence-corrected chi connectivity index (χ2v) is 2.76. The fourth-order valence-corrected chi connectivity index (χ4v) is 1.14. The number of hydrogen-bond donors (Lipinski definition) is 1. The van der Waals surface area contributed by atoms with E-state index < -0.39 is 5.97 Å². The number of aryl methyl sites for hydroxylation is 1. The molecule has 0 atom stereocenters. The summed E-state index contributed by atoms with van der Waals surface area (Å²) < 4.78 is 4.48. The van der Waals surface area contributed by atoms with Gasteiger partial charge in [0.25, 0.3) is 0 Å². The second-order valence-electron chi connectivity index (χ2n) is 2.76. The zero-order valence-electron chi connectivity index (χ0n) is 12.0. The van der Waals surface area contributed by atoms with Gasteiger partial charge in [0.05, 0.1) is 7.11 Å². The highest BCUT2D eigenvalue weighted by atomic mass is 16.5. The lowest BCUT2D eigenvalue weighted by Crippen LogP contribution is -2.18. The van der Waals surface area contributed by atoms with Crippen LogP contribution in [0.2, 0.25) is 0 Å². The Hall–Kier alpha value is -1.84. The molecule has 0 bridgehead atoms. The van der Waals surface area contributed by atoms with Crippen molar-refractivity contribution in [2.45, 2.75) is 34.6 Å². The summed E-state index contributed by atoms with van der Waals surface area (Å²) in [6.45, 7) is 9.82. The molecule has 0 saturated heterocycles. The molecular formula is C14H23NO3. The summed E-state index contributed by atoms with van der Waals surface area (Å²) in [5, 5.41) is 11.6. The van der Waals surface area contributed by atoms with Crippen molar-refractivity contribution in [3.63, 3.8) is 0 Å². The molecule has 1 aromatic rings. The molecule has 0 aliphatic heterocycles. The van der Waals surface area contributed by atoms with Gasteiger partial charge in [-0.1, -0.05) is 57.1 Å². The van der Waals surface area contributed by atoms with E-state index in [0.29, 0.717) is 5.56 Å². The lowest BCUT2D eigenvalue weighted by atomic mass is 10.0. The number of methoxy groups -OCH3 is 1. The standard InChI is InChI=1S/C10H11NO3.2C2H6/c1-7-5-3-4-6-8(7)9(11-13)10(12)14-2;2*1-2/h3-6,13H,1-2H3;2*1-2H3/b11-9+;;. The largest absolute Gasteiger partial charge is 0.464 e. The highest BCUT2D eigenvalue weighted by molar-refractivity contribution is 6.43. The van der Waals surface area contributed by atoms with Gasteiger partial charge >= 0.3 is 5.97 Å². The Labute approximate surface area is 109 Å². The number of oxime groups is 1. The number of ether oxygens (including phenoxy) is 1. The number of esters is 1. The number of nitrogens with zero attached hydrogens (tertiary/aromatic N) is 1. The van der Waals surface area contributed by atoms with Gasteiger partial charge in [-0.2, -0.15) is 0 Å². The van der Waals surface area contributed by atoms with Crippen molar-refractivity contribution < 1.29 is 14.7 Å². The lowest BCUT2D eigenvalue weighted by Gasteiger charge is -2.04.